The number of halogens is 1. The molecule has 0 spiro atoms. The van der Waals surface area contributed by atoms with Crippen molar-refractivity contribution < 1.29 is 14.3 Å². The average Bonchev–Trinajstić information content (AvgIpc) is 3.57. The molecule has 4 atom stereocenters. The van der Waals surface area contributed by atoms with Crippen molar-refractivity contribution >= 4 is 5.97 Å². The molecule has 1 aromatic heterocycles. The summed E-state index contributed by atoms with van der Waals surface area (Å²) < 4.78 is 16.5. The Labute approximate surface area is 255 Å². The zero-order valence-electron chi connectivity index (χ0n) is 25.7. The first-order valence-corrected chi connectivity index (χ1v) is 16.4. The summed E-state index contributed by atoms with van der Waals surface area (Å²) in [6, 6.07) is 19.4. The van der Waals surface area contributed by atoms with Gasteiger partial charge in [0, 0.05) is 50.1 Å². The predicted molar refractivity (Wildman–Crippen MR) is 168 cm³/mol. The van der Waals surface area contributed by atoms with Crippen LogP contribution in [0.25, 0.3) is 0 Å². The van der Waals surface area contributed by atoms with Gasteiger partial charge in [-0.3, -0.25) is 14.4 Å². The highest BCUT2D eigenvalue weighted by Crippen LogP contribution is 2.41. The molecular formula is C36H47FN4O2. The number of carbonyl (C=O) groups is 1. The first kappa shape index (κ1) is 30.0. The molecule has 0 bridgehead atoms. The molecule has 3 fully saturated rings. The summed E-state index contributed by atoms with van der Waals surface area (Å²) in [5.41, 5.74) is 4.78. The fraction of sp³-hybridized carbons (Fsp3) is 0.556. The molecule has 3 aromatic rings. The number of piperidine rings is 1. The van der Waals surface area contributed by atoms with E-state index in [0.29, 0.717) is 18.4 Å². The summed E-state index contributed by atoms with van der Waals surface area (Å²) in [4.78, 5) is 17.4. The van der Waals surface area contributed by atoms with Gasteiger partial charge >= 0.3 is 5.97 Å². The predicted octanol–water partition coefficient (Wildman–Crippen LogP) is 6.42. The highest BCUT2D eigenvalue weighted by atomic mass is 19.1. The number of benzene rings is 2. The maximum absolute atomic E-state index is 14.3. The van der Waals surface area contributed by atoms with Crippen LogP contribution in [0.4, 0.5) is 4.39 Å². The lowest BCUT2D eigenvalue weighted by Gasteiger charge is -2.38. The Hall–Kier alpha value is -3.03. The van der Waals surface area contributed by atoms with Crippen molar-refractivity contribution in [2.45, 2.75) is 76.8 Å². The minimum absolute atomic E-state index is 0.129. The summed E-state index contributed by atoms with van der Waals surface area (Å²) >= 11 is 0. The van der Waals surface area contributed by atoms with E-state index < -0.39 is 12.0 Å². The summed E-state index contributed by atoms with van der Waals surface area (Å²) in [6.07, 6.45) is 6.52. The Bertz CT molecular complexity index is 1360. The van der Waals surface area contributed by atoms with E-state index in [0.717, 1.165) is 76.1 Å². The van der Waals surface area contributed by atoms with Crippen LogP contribution in [0.5, 0.6) is 0 Å². The second kappa shape index (κ2) is 13.3. The van der Waals surface area contributed by atoms with Crippen molar-refractivity contribution in [3.63, 3.8) is 0 Å². The Morgan fingerprint density at radius 2 is 1.79 bits per heavy atom. The third-order valence-electron chi connectivity index (χ3n) is 10.7. The second-order valence-corrected chi connectivity index (χ2v) is 13.3. The van der Waals surface area contributed by atoms with Crippen LogP contribution < -0.4 is 0 Å². The number of likely N-dealkylation sites (tertiary alicyclic amines) is 2. The molecule has 230 valence electrons. The highest BCUT2D eigenvalue weighted by molar-refractivity contribution is 5.74. The number of aromatic nitrogens is 2. The Morgan fingerprint density at radius 1 is 1.02 bits per heavy atom. The smallest absolute Gasteiger partial charge is 0.321 e. The standard InChI is InChI=1S/C36H47FN4O2/c1-3-41-34(21-32(38-41)19-26-9-5-4-6-10-26)28-15-17-39(18-16-28)22-30-23-40(24-33(30)29-13-8-14-31(37)20-29)35(36(42)43)25(2)27-11-7-12-27/h4-6,8-10,13-14,20-21,25,27-28,30,33,35H,3,7,11-12,15-19,22-24H2,1-2H3,(H,42,43). The Balaban J connectivity index is 1.13. The van der Waals surface area contributed by atoms with Crippen LogP contribution in [0, 0.1) is 23.6 Å². The molecule has 6 rings (SSSR count). The maximum Gasteiger partial charge on any atom is 0.321 e. The van der Waals surface area contributed by atoms with E-state index >= 15 is 0 Å². The van der Waals surface area contributed by atoms with Crippen LogP contribution >= 0.6 is 0 Å². The zero-order valence-corrected chi connectivity index (χ0v) is 25.7. The molecule has 2 aliphatic heterocycles. The molecular weight excluding hydrogens is 539 g/mol. The van der Waals surface area contributed by atoms with Crippen LogP contribution in [0.2, 0.25) is 0 Å². The van der Waals surface area contributed by atoms with Crippen molar-refractivity contribution in [1.82, 2.24) is 19.6 Å². The second-order valence-electron chi connectivity index (χ2n) is 13.3. The molecule has 3 heterocycles. The average molecular weight is 587 g/mol. The largest absolute Gasteiger partial charge is 0.480 e. The molecule has 7 heteroatoms. The van der Waals surface area contributed by atoms with Gasteiger partial charge in [-0.25, -0.2) is 4.39 Å². The van der Waals surface area contributed by atoms with Gasteiger partial charge in [0.1, 0.15) is 11.9 Å². The van der Waals surface area contributed by atoms with E-state index in [1.54, 1.807) is 12.1 Å². The van der Waals surface area contributed by atoms with Gasteiger partial charge in [0.25, 0.3) is 0 Å². The fourth-order valence-corrected chi connectivity index (χ4v) is 8.07. The van der Waals surface area contributed by atoms with Gasteiger partial charge in [-0.15, -0.1) is 0 Å². The summed E-state index contributed by atoms with van der Waals surface area (Å²) in [5, 5.41) is 15.3. The number of nitrogens with zero attached hydrogens (tertiary/aromatic N) is 4. The van der Waals surface area contributed by atoms with Crippen molar-refractivity contribution in [3.8, 4) is 0 Å². The lowest BCUT2D eigenvalue weighted by Crippen LogP contribution is -2.48. The number of hydrogen-bond donors (Lipinski definition) is 1. The number of aryl methyl sites for hydroxylation is 1. The van der Waals surface area contributed by atoms with E-state index in [4.69, 9.17) is 5.10 Å². The molecule has 0 radical (unpaired) electrons. The highest BCUT2D eigenvalue weighted by Gasteiger charge is 2.44. The molecule has 1 aliphatic carbocycles. The van der Waals surface area contributed by atoms with E-state index in [1.165, 1.54) is 23.7 Å². The van der Waals surface area contributed by atoms with Crippen LogP contribution in [0.1, 0.15) is 80.3 Å². The normalized spacial score (nSPS) is 23.7. The van der Waals surface area contributed by atoms with Gasteiger partial charge in [0.2, 0.25) is 0 Å². The Morgan fingerprint density at radius 3 is 2.44 bits per heavy atom. The van der Waals surface area contributed by atoms with Gasteiger partial charge < -0.3 is 10.0 Å². The monoisotopic (exact) mass is 586 g/mol. The Kier molecular flexibility index (Phi) is 9.29. The van der Waals surface area contributed by atoms with Gasteiger partial charge in [-0.2, -0.15) is 5.10 Å². The molecule has 43 heavy (non-hydrogen) atoms. The van der Waals surface area contributed by atoms with E-state index in [2.05, 4.69) is 64.7 Å². The summed E-state index contributed by atoms with van der Waals surface area (Å²) in [5.74, 6) is 0.594. The fourth-order valence-electron chi connectivity index (χ4n) is 8.07. The van der Waals surface area contributed by atoms with Gasteiger partial charge in [0.05, 0.1) is 5.69 Å². The third kappa shape index (κ3) is 6.73. The molecule has 2 aromatic carbocycles. The number of aliphatic carboxylic acids is 1. The summed E-state index contributed by atoms with van der Waals surface area (Å²) in [7, 11) is 0. The van der Waals surface area contributed by atoms with Crippen molar-refractivity contribution in [2.75, 3.05) is 32.7 Å². The quantitative estimate of drug-likeness (QED) is 0.281. The van der Waals surface area contributed by atoms with E-state index in [1.807, 2.05) is 6.07 Å². The first-order chi connectivity index (χ1) is 20.9. The van der Waals surface area contributed by atoms with Crippen molar-refractivity contribution in [2.24, 2.45) is 17.8 Å². The van der Waals surface area contributed by atoms with E-state index in [9.17, 15) is 14.3 Å². The van der Waals surface area contributed by atoms with Gasteiger partial charge in [-0.1, -0.05) is 68.7 Å². The zero-order chi connectivity index (χ0) is 29.9. The van der Waals surface area contributed by atoms with Gasteiger partial charge in [-0.05, 0) is 79.9 Å². The lowest BCUT2D eigenvalue weighted by atomic mass is 9.73. The van der Waals surface area contributed by atoms with Crippen LogP contribution in [-0.2, 0) is 17.8 Å². The molecule has 4 unspecified atom stereocenters. The third-order valence-corrected chi connectivity index (χ3v) is 10.7. The molecule has 1 saturated carbocycles. The lowest BCUT2D eigenvalue weighted by molar-refractivity contribution is -0.146. The number of carboxylic acid groups (broad SMARTS) is 1. The summed E-state index contributed by atoms with van der Waals surface area (Å²) in [6.45, 7) is 9.56. The SMILES string of the molecule is CCn1nc(Cc2ccccc2)cc1C1CCN(CC2CN(C(C(=O)O)C(C)C3CCC3)CC2c2cccc(F)c2)CC1. The van der Waals surface area contributed by atoms with Crippen LogP contribution in [0.3, 0.4) is 0 Å². The van der Waals surface area contributed by atoms with E-state index in [-0.39, 0.29) is 23.6 Å². The first-order valence-electron chi connectivity index (χ1n) is 16.4. The van der Waals surface area contributed by atoms with Gasteiger partial charge in [0.15, 0.2) is 0 Å². The molecule has 0 amide bonds. The molecule has 3 aliphatic rings. The number of hydrogen-bond acceptors (Lipinski definition) is 4. The van der Waals surface area contributed by atoms with Crippen LogP contribution in [0.15, 0.2) is 60.7 Å². The van der Waals surface area contributed by atoms with Crippen molar-refractivity contribution in [1.29, 1.82) is 0 Å². The molecule has 6 nitrogen and oxygen atoms in total. The maximum atomic E-state index is 14.3. The molecule has 1 N–H and O–H groups in total. The number of rotatable bonds is 11. The topological polar surface area (TPSA) is 61.6 Å². The van der Waals surface area contributed by atoms with Crippen molar-refractivity contribution in [3.05, 3.63) is 89.0 Å². The minimum atomic E-state index is -0.710. The minimum Gasteiger partial charge on any atom is -0.480 e. The molecule has 2 saturated heterocycles. The number of carboxylic acids is 1. The van der Waals surface area contributed by atoms with Crippen LogP contribution in [-0.4, -0.2) is 69.4 Å².